The maximum atomic E-state index is 12.8. The van der Waals surface area contributed by atoms with Crippen LogP contribution in [0.5, 0.6) is 0 Å². The fraction of sp³-hybridized carbons (Fsp3) is 0.0667. The van der Waals surface area contributed by atoms with Crippen molar-refractivity contribution in [1.29, 1.82) is 0 Å². The van der Waals surface area contributed by atoms with E-state index in [0.29, 0.717) is 0 Å². The molecule has 0 aliphatic heterocycles. The molecule has 0 aliphatic carbocycles. The second kappa shape index (κ2) is 8.17. The molecule has 0 aromatic heterocycles. The van der Waals surface area contributed by atoms with Crippen LogP contribution in [0.15, 0.2) is 45.3 Å². The van der Waals surface area contributed by atoms with Gasteiger partial charge in [-0.15, -0.1) is 0 Å². The van der Waals surface area contributed by atoms with E-state index in [1.807, 2.05) is 0 Å². The zero-order valence-corrected chi connectivity index (χ0v) is 15.5. The quantitative estimate of drug-likeness (QED) is 0.399. The van der Waals surface area contributed by atoms with Crippen LogP contribution in [0.3, 0.4) is 0 Å². The summed E-state index contributed by atoms with van der Waals surface area (Å²) in [7, 11) is 0. The minimum atomic E-state index is -0.781. The molecule has 25 heavy (non-hydrogen) atoms. The summed E-state index contributed by atoms with van der Waals surface area (Å²) in [5, 5.41) is 13.2. The maximum Gasteiger partial charge on any atom is 0.338 e. The lowest BCUT2D eigenvalue weighted by Gasteiger charge is -2.10. The Labute approximate surface area is 157 Å². The molecule has 0 spiro atoms. The first kappa shape index (κ1) is 19.0. The van der Waals surface area contributed by atoms with Gasteiger partial charge in [0.1, 0.15) is 5.82 Å². The van der Waals surface area contributed by atoms with Crippen molar-refractivity contribution in [2.75, 3.05) is 11.9 Å². The van der Waals surface area contributed by atoms with Crippen molar-refractivity contribution >= 4 is 55.1 Å². The van der Waals surface area contributed by atoms with Gasteiger partial charge < -0.3 is 10.1 Å². The number of nitro groups is 1. The number of hydrogen-bond acceptors (Lipinski definition) is 5. The largest absolute Gasteiger partial charge is 0.452 e. The molecule has 0 atom stereocenters. The second-order valence-corrected chi connectivity index (χ2v) is 6.38. The molecule has 0 saturated carbocycles. The maximum absolute atomic E-state index is 12.8. The Hall–Kier alpha value is -2.33. The number of non-ortho nitro benzene ring substituents is 1. The van der Waals surface area contributed by atoms with Crippen LogP contribution in [0.25, 0.3) is 0 Å². The number of nitro benzene ring substituents is 1. The smallest absolute Gasteiger partial charge is 0.338 e. The summed E-state index contributed by atoms with van der Waals surface area (Å²) in [5.41, 5.74) is 0.194. The number of ether oxygens (including phenoxy) is 1. The van der Waals surface area contributed by atoms with Gasteiger partial charge in [0.2, 0.25) is 0 Å². The molecule has 1 N–H and O–H groups in total. The topological polar surface area (TPSA) is 98.5 Å². The Balaban J connectivity index is 2.00. The minimum Gasteiger partial charge on any atom is -0.452 e. The monoisotopic (exact) mass is 474 g/mol. The Kier molecular flexibility index (Phi) is 6.21. The second-order valence-electron chi connectivity index (χ2n) is 4.67. The van der Waals surface area contributed by atoms with Crippen LogP contribution < -0.4 is 5.32 Å². The number of anilines is 1. The van der Waals surface area contributed by atoms with Gasteiger partial charge in [-0.25, -0.2) is 9.18 Å². The van der Waals surface area contributed by atoms with Crippen LogP contribution in [0.2, 0.25) is 0 Å². The summed E-state index contributed by atoms with van der Waals surface area (Å²) >= 11 is 6.25. The number of nitrogens with zero attached hydrogens (tertiary/aromatic N) is 1. The molecule has 0 aliphatic rings. The fourth-order valence-electron chi connectivity index (χ4n) is 1.76. The summed E-state index contributed by atoms with van der Waals surface area (Å²) in [6.45, 7) is -0.577. The van der Waals surface area contributed by atoms with Crippen LogP contribution in [0.4, 0.5) is 15.8 Å². The lowest BCUT2D eigenvalue weighted by molar-refractivity contribution is -0.385. The van der Waals surface area contributed by atoms with E-state index in [1.54, 1.807) is 0 Å². The molecular weight excluding hydrogens is 467 g/mol. The van der Waals surface area contributed by atoms with Gasteiger partial charge in [-0.1, -0.05) is 0 Å². The van der Waals surface area contributed by atoms with Crippen molar-refractivity contribution < 1.29 is 23.6 Å². The predicted octanol–water partition coefficient (Wildman–Crippen LogP) is 4.05. The lowest BCUT2D eigenvalue weighted by Crippen LogP contribution is -2.21. The van der Waals surface area contributed by atoms with E-state index >= 15 is 0 Å². The van der Waals surface area contributed by atoms with Crippen LogP contribution in [-0.4, -0.2) is 23.4 Å². The summed E-state index contributed by atoms with van der Waals surface area (Å²) in [6.07, 6.45) is 0. The number of hydrogen-bond donors (Lipinski definition) is 1. The van der Waals surface area contributed by atoms with Gasteiger partial charge in [-0.05, 0) is 56.1 Å². The van der Waals surface area contributed by atoms with E-state index in [0.717, 1.165) is 12.1 Å². The zero-order valence-electron chi connectivity index (χ0n) is 12.3. The molecule has 130 valence electrons. The van der Waals surface area contributed by atoms with E-state index in [1.165, 1.54) is 24.3 Å². The highest BCUT2D eigenvalue weighted by molar-refractivity contribution is 9.11. The highest BCUT2D eigenvalue weighted by atomic mass is 79.9. The fourth-order valence-corrected chi connectivity index (χ4v) is 3.12. The van der Waals surface area contributed by atoms with Gasteiger partial charge in [-0.3, -0.25) is 14.9 Å². The molecule has 0 unspecified atom stereocenters. The molecule has 2 aromatic carbocycles. The van der Waals surface area contributed by atoms with E-state index in [4.69, 9.17) is 4.74 Å². The number of halogens is 3. The molecule has 10 heteroatoms. The molecule has 0 fully saturated rings. The number of benzene rings is 2. The lowest BCUT2D eigenvalue weighted by atomic mass is 10.2. The number of amides is 1. The molecule has 1 amide bonds. The summed E-state index contributed by atoms with van der Waals surface area (Å²) in [5.74, 6) is -1.93. The summed E-state index contributed by atoms with van der Waals surface area (Å²) < 4.78 is 18.2. The zero-order chi connectivity index (χ0) is 18.6. The van der Waals surface area contributed by atoms with Crippen LogP contribution in [0, 0.1) is 15.9 Å². The Bertz CT molecular complexity index is 819. The van der Waals surface area contributed by atoms with Crippen molar-refractivity contribution in [3.63, 3.8) is 0 Å². The number of carbonyl (C=O) groups is 2. The third-order valence-corrected chi connectivity index (χ3v) is 4.17. The van der Waals surface area contributed by atoms with E-state index in [2.05, 4.69) is 37.2 Å². The Morgan fingerprint density at radius 2 is 1.72 bits per heavy atom. The van der Waals surface area contributed by atoms with Crippen LogP contribution in [0.1, 0.15) is 10.4 Å². The highest BCUT2D eigenvalue weighted by Crippen LogP contribution is 2.35. The van der Waals surface area contributed by atoms with Crippen molar-refractivity contribution in [3.05, 3.63) is 66.8 Å². The molecular formula is C15H9Br2FN2O5. The third-order valence-electron chi connectivity index (χ3n) is 2.92. The molecule has 2 aromatic rings. The predicted molar refractivity (Wildman–Crippen MR) is 93.8 cm³/mol. The number of esters is 1. The average Bonchev–Trinajstić information content (AvgIpc) is 2.56. The molecule has 0 heterocycles. The first-order chi connectivity index (χ1) is 11.8. The normalized spacial score (nSPS) is 10.2. The van der Waals surface area contributed by atoms with Crippen molar-refractivity contribution in [3.8, 4) is 0 Å². The van der Waals surface area contributed by atoms with Gasteiger partial charge in [0.25, 0.3) is 11.6 Å². The highest BCUT2D eigenvalue weighted by Gasteiger charge is 2.17. The van der Waals surface area contributed by atoms with Gasteiger partial charge in [0, 0.05) is 21.1 Å². The standard InChI is InChI=1S/C15H9Br2FN2O5/c16-11-5-10(20(23)24)6-12(17)14(11)19-13(21)7-25-15(22)8-1-3-9(18)4-2-8/h1-6H,7H2,(H,19,21). The number of carbonyl (C=O) groups excluding carboxylic acids is 2. The van der Waals surface area contributed by atoms with Gasteiger partial charge in [0.15, 0.2) is 6.61 Å². The van der Waals surface area contributed by atoms with Crippen molar-refractivity contribution in [2.45, 2.75) is 0 Å². The van der Waals surface area contributed by atoms with Gasteiger partial charge in [0.05, 0.1) is 16.2 Å². The SMILES string of the molecule is O=C(COC(=O)c1ccc(F)cc1)Nc1c(Br)cc([N+](=O)[O-])cc1Br. The molecule has 0 radical (unpaired) electrons. The third kappa shape index (κ3) is 5.07. The Morgan fingerprint density at radius 3 is 2.24 bits per heavy atom. The average molecular weight is 476 g/mol. The first-order valence-electron chi connectivity index (χ1n) is 6.64. The minimum absolute atomic E-state index is 0.104. The summed E-state index contributed by atoms with van der Waals surface area (Å²) in [4.78, 5) is 33.8. The summed E-state index contributed by atoms with van der Waals surface area (Å²) in [6, 6.07) is 7.12. The van der Waals surface area contributed by atoms with E-state index in [-0.39, 0.29) is 25.9 Å². The van der Waals surface area contributed by atoms with Crippen molar-refractivity contribution in [2.24, 2.45) is 0 Å². The van der Waals surface area contributed by atoms with Crippen molar-refractivity contribution in [1.82, 2.24) is 0 Å². The molecule has 7 nitrogen and oxygen atoms in total. The van der Waals surface area contributed by atoms with E-state index in [9.17, 15) is 24.1 Å². The van der Waals surface area contributed by atoms with Crippen LogP contribution in [-0.2, 0) is 9.53 Å². The van der Waals surface area contributed by atoms with Gasteiger partial charge in [-0.2, -0.15) is 0 Å². The molecule has 2 rings (SSSR count). The molecule has 0 bridgehead atoms. The molecule has 0 saturated heterocycles. The first-order valence-corrected chi connectivity index (χ1v) is 8.22. The van der Waals surface area contributed by atoms with Gasteiger partial charge >= 0.3 is 5.97 Å². The number of rotatable bonds is 5. The van der Waals surface area contributed by atoms with Crippen LogP contribution >= 0.6 is 31.9 Å². The Morgan fingerprint density at radius 1 is 1.16 bits per heavy atom. The number of nitrogens with one attached hydrogen (secondary N) is 1. The van der Waals surface area contributed by atoms with E-state index < -0.39 is 29.2 Å².